The summed E-state index contributed by atoms with van der Waals surface area (Å²) in [5.74, 6) is 2.89. The summed E-state index contributed by atoms with van der Waals surface area (Å²) >= 11 is 0. The maximum atomic E-state index is 4.85. The average molecular weight is 280 g/mol. The summed E-state index contributed by atoms with van der Waals surface area (Å²) in [4.78, 5) is 4.85. The highest BCUT2D eigenvalue weighted by Gasteiger charge is 2.53. The van der Waals surface area contributed by atoms with Crippen LogP contribution in [0.25, 0.3) is 10.9 Å². The number of nitrogens with one attached hydrogen (secondary N) is 1. The molecule has 2 aliphatic rings. The molecule has 0 saturated heterocycles. The summed E-state index contributed by atoms with van der Waals surface area (Å²) in [6.07, 6.45) is 6.88. The maximum absolute atomic E-state index is 4.85. The van der Waals surface area contributed by atoms with Crippen molar-refractivity contribution in [3.63, 3.8) is 0 Å². The molecular weight excluding hydrogens is 256 g/mol. The molecule has 2 aliphatic carbocycles. The van der Waals surface area contributed by atoms with E-state index < -0.39 is 0 Å². The number of rotatable bonds is 4. The molecule has 1 aromatic heterocycles. The van der Waals surface area contributed by atoms with Crippen LogP contribution >= 0.6 is 0 Å². The van der Waals surface area contributed by atoms with Crippen LogP contribution in [-0.4, -0.2) is 18.1 Å². The number of para-hydroxylation sites is 1. The normalized spacial score (nSPS) is 29.1. The van der Waals surface area contributed by atoms with Gasteiger partial charge in [0, 0.05) is 23.5 Å². The van der Waals surface area contributed by atoms with Gasteiger partial charge in [-0.15, -0.1) is 0 Å². The van der Waals surface area contributed by atoms with Crippen molar-refractivity contribution in [2.24, 2.45) is 17.8 Å². The van der Waals surface area contributed by atoms with Crippen LogP contribution < -0.4 is 5.32 Å². The Morgan fingerprint density at radius 1 is 1.10 bits per heavy atom. The monoisotopic (exact) mass is 280 g/mol. The fourth-order valence-electron chi connectivity index (χ4n) is 4.52. The van der Waals surface area contributed by atoms with E-state index in [0.29, 0.717) is 6.04 Å². The molecule has 21 heavy (non-hydrogen) atoms. The SMILES string of the molecule is CNC(Cc1ccc2ccccc2n1)C1C2CCCCC21. The minimum atomic E-state index is 0.603. The predicted molar refractivity (Wildman–Crippen MR) is 87.2 cm³/mol. The second kappa shape index (κ2) is 5.42. The average Bonchev–Trinajstić information content (AvgIpc) is 3.27. The Kier molecular flexibility index (Phi) is 3.42. The van der Waals surface area contributed by atoms with E-state index in [2.05, 4.69) is 48.8 Å². The van der Waals surface area contributed by atoms with Crippen molar-refractivity contribution in [3.05, 3.63) is 42.1 Å². The smallest absolute Gasteiger partial charge is 0.0705 e. The van der Waals surface area contributed by atoms with E-state index >= 15 is 0 Å². The highest BCUT2D eigenvalue weighted by Crippen LogP contribution is 2.57. The number of fused-ring (bicyclic) bond motifs is 2. The molecule has 2 aromatic rings. The molecule has 1 heterocycles. The zero-order valence-corrected chi connectivity index (χ0v) is 12.8. The van der Waals surface area contributed by atoms with E-state index in [1.165, 1.54) is 36.8 Å². The van der Waals surface area contributed by atoms with Crippen molar-refractivity contribution >= 4 is 10.9 Å². The largest absolute Gasteiger partial charge is 0.316 e. The van der Waals surface area contributed by atoms with Gasteiger partial charge in [0.1, 0.15) is 0 Å². The van der Waals surface area contributed by atoms with Crippen molar-refractivity contribution in [1.82, 2.24) is 10.3 Å². The Hall–Kier alpha value is -1.41. The van der Waals surface area contributed by atoms with Crippen LogP contribution in [0, 0.1) is 17.8 Å². The minimum absolute atomic E-state index is 0.603. The molecule has 2 fully saturated rings. The second-order valence-electron chi connectivity index (χ2n) is 6.78. The first-order valence-electron chi connectivity index (χ1n) is 8.39. The number of benzene rings is 1. The fraction of sp³-hybridized carbons (Fsp3) is 0.526. The van der Waals surface area contributed by atoms with Crippen molar-refractivity contribution in [3.8, 4) is 0 Å². The van der Waals surface area contributed by atoms with E-state index in [9.17, 15) is 0 Å². The molecule has 1 aromatic carbocycles. The lowest BCUT2D eigenvalue weighted by molar-refractivity contribution is 0.456. The number of nitrogens with zero attached hydrogens (tertiary/aromatic N) is 1. The van der Waals surface area contributed by atoms with Gasteiger partial charge in [0.25, 0.3) is 0 Å². The van der Waals surface area contributed by atoms with E-state index in [1.54, 1.807) is 0 Å². The molecule has 1 N–H and O–H groups in total. The van der Waals surface area contributed by atoms with E-state index in [0.717, 1.165) is 29.7 Å². The third-order valence-electron chi connectivity index (χ3n) is 5.64. The molecule has 0 amide bonds. The van der Waals surface area contributed by atoms with Crippen molar-refractivity contribution in [1.29, 1.82) is 0 Å². The molecule has 3 unspecified atom stereocenters. The Labute approximate surface area is 127 Å². The Balaban J connectivity index is 1.52. The number of pyridine rings is 1. The molecule has 0 aliphatic heterocycles. The lowest BCUT2D eigenvalue weighted by atomic mass is 10.0. The van der Waals surface area contributed by atoms with Crippen LogP contribution in [0.2, 0.25) is 0 Å². The van der Waals surface area contributed by atoms with E-state index in [-0.39, 0.29) is 0 Å². The first kappa shape index (κ1) is 13.3. The van der Waals surface area contributed by atoms with Crippen LogP contribution in [0.15, 0.2) is 36.4 Å². The van der Waals surface area contributed by atoms with Gasteiger partial charge in [-0.2, -0.15) is 0 Å². The molecule has 0 spiro atoms. The van der Waals surface area contributed by atoms with E-state index in [4.69, 9.17) is 4.98 Å². The van der Waals surface area contributed by atoms with Gasteiger partial charge in [0.15, 0.2) is 0 Å². The predicted octanol–water partition coefficient (Wildman–Crippen LogP) is 3.80. The summed E-state index contributed by atoms with van der Waals surface area (Å²) in [6.45, 7) is 0. The standard InChI is InChI=1S/C19H24N2/c1-20-18(19-15-7-3-4-8-16(15)19)12-14-11-10-13-6-2-5-9-17(13)21-14/h2,5-6,9-11,15-16,18-20H,3-4,7-8,12H2,1H3. The van der Waals surface area contributed by atoms with Gasteiger partial charge >= 0.3 is 0 Å². The fourth-order valence-corrected chi connectivity index (χ4v) is 4.52. The highest BCUT2D eigenvalue weighted by atomic mass is 14.9. The van der Waals surface area contributed by atoms with Crippen molar-refractivity contribution in [2.45, 2.75) is 38.1 Å². The molecule has 2 nitrogen and oxygen atoms in total. The van der Waals surface area contributed by atoms with Crippen LogP contribution in [-0.2, 0) is 6.42 Å². The third-order valence-corrected chi connectivity index (χ3v) is 5.64. The van der Waals surface area contributed by atoms with E-state index in [1.807, 2.05) is 0 Å². The number of hydrogen-bond acceptors (Lipinski definition) is 2. The van der Waals surface area contributed by atoms with Gasteiger partial charge in [-0.3, -0.25) is 4.98 Å². The first-order valence-corrected chi connectivity index (χ1v) is 8.39. The number of hydrogen-bond donors (Lipinski definition) is 1. The van der Waals surface area contributed by atoms with Gasteiger partial charge in [0.2, 0.25) is 0 Å². The number of aromatic nitrogens is 1. The second-order valence-corrected chi connectivity index (χ2v) is 6.78. The summed E-state index contributed by atoms with van der Waals surface area (Å²) in [5.41, 5.74) is 2.36. The summed E-state index contributed by atoms with van der Waals surface area (Å²) < 4.78 is 0. The molecule has 0 radical (unpaired) electrons. The molecule has 3 atom stereocenters. The van der Waals surface area contributed by atoms with Crippen LogP contribution in [0.1, 0.15) is 31.4 Å². The first-order chi connectivity index (χ1) is 10.4. The lowest BCUT2D eigenvalue weighted by Gasteiger charge is -2.16. The van der Waals surface area contributed by atoms with Crippen LogP contribution in [0.4, 0.5) is 0 Å². The van der Waals surface area contributed by atoms with Gasteiger partial charge in [-0.1, -0.05) is 37.1 Å². The molecule has 4 rings (SSSR count). The summed E-state index contributed by atoms with van der Waals surface area (Å²) in [6, 6.07) is 13.4. The summed E-state index contributed by atoms with van der Waals surface area (Å²) in [7, 11) is 2.12. The zero-order chi connectivity index (χ0) is 14.2. The van der Waals surface area contributed by atoms with Crippen LogP contribution in [0.3, 0.4) is 0 Å². The van der Waals surface area contributed by atoms with Gasteiger partial charge in [0.05, 0.1) is 5.52 Å². The van der Waals surface area contributed by atoms with Gasteiger partial charge < -0.3 is 5.32 Å². The maximum Gasteiger partial charge on any atom is 0.0705 e. The van der Waals surface area contributed by atoms with Crippen molar-refractivity contribution in [2.75, 3.05) is 7.05 Å². The van der Waals surface area contributed by atoms with Gasteiger partial charge in [-0.25, -0.2) is 0 Å². The molecule has 110 valence electrons. The highest BCUT2D eigenvalue weighted by molar-refractivity contribution is 5.78. The molecule has 0 bridgehead atoms. The van der Waals surface area contributed by atoms with Crippen molar-refractivity contribution < 1.29 is 0 Å². The van der Waals surface area contributed by atoms with Gasteiger partial charge in [-0.05, 0) is 49.8 Å². The summed E-state index contributed by atoms with van der Waals surface area (Å²) in [5, 5.41) is 4.82. The number of likely N-dealkylation sites (N-methyl/N-ethyl adjacent to an activating group) is 1. The topological polar surface area (TPSA) is 24.9 Å². The van der Waals surface area contributed by atoms with Crippen LogP contribution in [0.5, 0.6) is 0 Å². The molecule has 2 saturated carbocycles. The minimum Gasteiger partial charge on any atom is -0.316 e. The lowest BCUT2D eigenvalue weighted by Crippen LogP contribution is -2.31. The molecular formula is C19H24N2. The third kappa shape index (κ3) is 2.46. The quantitative estimate of drug-likeness (QED) is 0.921. The molecule has 2 heteroatoms. The Morgan fingerprint density at radius 3 is 2.62 bits per heavy atom. The Morgan fingerprint density at radius 2 is 1.86 bits per heavy atom. The Bertz CT molecular complexity index is 624. The zero-order valence-electron chi connectivity index (χ0n) is 12.8.